The Bertz CT molecular complexity index is 1050. The summed E-state index contributed by atoms with van der Waals surface area (Å²) in [5.74, 6) is 1.00. The third kappa shape index (κ3) is 4.91. The van der Waals surface area contributed by atoms with Crippen molar-refractivity contribution >= 4 is 28.5 Å². The van der Waals surface area contributed by atoms with Crippen LogP contribution in [0.5, 0.6) is 17.2 Å². The van der Waals surface area contributed by atoms with E-state index in [1.54, 1.807) is 43.9 Å². The SMILES string of the molecule is COc1ccc(/C=C/C(=O)Nc2nc(-c3cc(F)ccc3OC)cs2)c(OC)c1. The van der Waals surface area contributed by atoms with Gasteiger partial charge in [0.15, 0.2) is 5.13 Å². The van der Waals surface area contributed by atoms with Gasteiger partial charge in [0.25, 0.3) is 0 Å². The molecule has 3 rings (SSSR count). The Balaban J connectivity index is 1.73. The van der Waals surface area contributed by atoms with Crippen LogP contribution in [0.3, 0.4) is 0 Å². The van der Waals surface area contributed by atoms with E-state index < -0.39 is 5.82 Å². The number of hydrogen-bond donors (Lipinski definition) is 1. The molecule has 1 amide bonds. The van der Waals surface area contributed by atoms with Crippen LogP contribution in [0.15, 0.2) is 47.9 Å². The van der Waals surface area contributed by atoms with Gasteiger partial charge < -0.3 is 14.2 Å². The summed E-state index contributed by atoms with van der Waals surface area (Å²) < 4.78 is 29.3. The molecule has 8 heteroatoms. The monoisotopic (exact) mass is 414 g/mol. The number of carbonyl (C=O) groups is 1. The molecule has 0 aliphatic heterocycles. The Morgan fingerprint density at radius 2 is 1.86 bits per heavy atom. The maximum absolute atomic E-state index is 13.6. The van der Waals surface area contributed by atoms with Crippen LogP contribution in [-0.4, -0.2) is 32.2 Å². The molecule has 0 unspecified atom stereocenters. The molecule has 1 N–H and O–H groups in total. The lowest BCUT2D eigenvalue weighted by molar-refractivity contribution is -0.111. The smallest absolute Gasteiger partial charge is 0.250 e. The summed E-state index contributed by atoms with van der Waals surface area (Å²) in [6.45, 7) is 0. The molecule has 0 aliphatic rings. The van der Waals surface area contributed by atoms with Gasteiger partial charge in [0.2, 0.25) is 5.91 Å². The number of anilines is 1. The summed E-state index contributed by atoms with van der Waals surface area (Å²) in [5.41, 5.74) is 1.76. The van der Waals surface area contributed by atoms with Crippen LogP contribution < -0.4 is 19.5 Å². The number of ether oxygens (including phenoxy) is 3. The van der Waals surface area contributed by atoms with Gasteiger partial charge in [-0.05, 0) is 36.4 Å². The number of carbonyl (C=O) groups excluding carboxylic acids is 1. The summed E-state index contributed by atoms with van der Waals surface area (Å²) in [5, 5.41) is 4.81. The minimum Gasteiger partial charge on any atom is -0.497 e. The highest BCUT2D eigenvalue weighted by atomic mass is 32.1. The largest absolute Gasteiger partial charge is 0.497 e. The van der Waals surface area contributed by atoms with E-state index in [1.807, 2.05) is 0 Å². The van der Waals surface area contributed by atoms with E-state index >= 15 is 0 Å². The lowest BCUT2D eigenvalue weighted by atomic mass is 10.1. The van der Waals surface area contributed by atoms with Crippen molar-refractivity contribution in [3.8, 4) is 28.5 Å². The van der Waals surface area contributed by atoms with E-state index in [1.165, 1.54) is 42.7 Å². The first-order valence-corrected chi connectivity index (χ1v) is 9.42. The van der Waals surface area contributed by atoms with E-state index in [4.69, 9.17) is 14.2 Å². The standard InChI is InChI=1S/C21H19FN2O4S/c1-26-15-7-4-13(19(11-15)28-3)5-9-20(25)24-21-23-17(12-29-21)16-10-14(22)6-8-18(16)27-2/h4-12H,1-3H3,(H,23,24,25)/b9-5+. The van der Waals surface area contributed by atoms with Gasteiger partial charge in [-0.2, -0.15) is 0 Å². The molecule has 29 heavy (non-hydrogen) atoms. The van der Waals surface area contributed by atoms with Crippen LogP contribution in [0, 0.1) is 5.82 Å². The minimum atomic E-state index is -0.393. The number of thiazole rings is 1. The third-order valence-corrected chi connectivity index (χ3v) is 4.78. The van der Waals surface area contributed by atoms with Crippen LogP contribution in [0.25, 0.3) is 17.3 Å². The van der Waals surface area contributed by atoms with Crippen molar-refractivity contribution in [3.05, 3.63) is 59.2 Å². The molecule has 0 aliphatic carbocycles. The molecule has 1 aromatic heterocycles. The molecule has 0 spiro atoms. The summed E-state index contributed by atoms with van der Waals surface area (Å²) in [4.78, 5) is 16.6. The molecule has 0 radical (unpaired) electrons. The molecular formula is C21H19FN2O4S. The van der Waals surface area contributed by atoms with Crippen LogP contribution >= 0.6 is 11.3 Å². The first-order chi connectivity index (χ1) is 14.0. The molecule has 0 saturated carbocycles. The molecule has 0 bridgehead atoms. The zero-order valence-electron chi connectivity index (χ0n) is 16.1. The number of nitrogens with one attached hydrogen (secondary N) is 1. The highest BCUT2D eigenvalue weighted by molar-refractivity contribution is 7.14. The van der Waals surface area contributed by atoms with Gasteiger partial charge in [0.1, 0.15) is 23.1 Å². The number of hydrogen-bond acceptors (Lipinski definition) is 6. The van der Waals surface area contributed by atoms with Gasteiger partial charge in [0, 0.05) is 28.6 Å². The molecule has 0 fully saturated rings. The quantitative estimate of drug-likeness (QED) is 0.571. The predicted octanol–water partition coefficient (Wildman–Crippen LogP) is 4.63. The number of amides is 1. The van der Waals surface area contributed by atoms with E-state index in [-0.39, 0.29) is 5.91 Å². The molecule has 150 valence electrons. The average Bonchev–Trinajstić information content (AvgIpc) is 3.20. The number of methoxy groups -OCH3 is 3. The number of benzene rings is 2. The molecule has 2 aromatic carbocycles. The van der Waals surface area contributed by atoms with Crippen LogP contribution in [0.1, 0.15) is 5.56 Å². The normalized spacial score (nSPS) is 10.8. The third-order valence-electron chi connectivity index (χ3n) is 4.03. The topological polar surface area (TPSA) is 69.7 Å². The van der Waals surface area contributed by atoms with Crippen LogP contribution in [0.2, 0.25) is 0 Å². The zero-order valence-corrected chi connectivity index (χ0v) is 16.9. The summed E-state index contributed by atoms with van der Waals surface area (Å²) >= 11 is 1.24. The van der Waals surface area contributed by atoms with Gasteiger partial charge in [-0.3, -0.25) is 10.1 Å². The van der Waals surface area contributed by atoms with Gasteiger partial charge in [-0.1, -0.05) is 0 Å². The highest BCUT2D eigenvalue weighted by Gasteiger charge is 2.12. The maximum atomic E-state index is 13.6. The van der Waals surface area contributed by atoms with Crippen molar-refractivity contribution < 1.29 is 23.4 Å². The number of nitrogens with zero attached hydrogens (tertiary/aromatic N) is 1. The van der Waals surface area contributed by atoms with Crippen molar-refractivity contribution in [3.63, 3.8) is 0 Å². The first kappa shape index (κ1) is 20.3. The molecule has 6 nitrogen and oxygen atoms in total. The Kier molecular flexibility index (Phi) is 6.46. The Morgan fingerprint density at radius 3 is 2.59 bits per heavy atom. The number of aromatic nitrogens is 1. The van der Waals surface area contributed by atoms with E-state index in [0.29, 0.717) is 33.6 Å². The minimum absolute atomic E-state index is 0.352. The summed E-state index contributed by atoms with van der Waals surface area (Å²) in [6, 6.07) is 9.49. The van der Waals surface area contributed by atoms with Gasteiger partial charge >= 0.3 is 0 Å². The summed E-state index contributed by atoms with van der Waals surface area (Å²) in [7, 11) is 4.62. The second kappa shape index (κ2) is 9.20. The average molecular weight is 414 g/mol. The predicted molar refractivity (Wildman–Crippen MR) is 111 cm³/mol. The second-order valence-electron chi connectivity index (χ2n) is 5.81. The van der Waals surface area contributed by atoms with Gasteiger partial charge in [-0.15, -0.1) is 11.3 Å². The van der Waals surface area contributed by atoms with Crippen molar-refractivity contribution in [2.24, 2.45) is 0 Å². The molecule has 0 atom stereocenters. The Labute approximate surface area is 171 Å². The first-order valence-electron chi connectivity index (χ1n) is 8.54. The van der Waals surface area contributed by atoms with Crippen molar-refractivity contribution in [2.75, 3.05) is 26.6 Å². The van der Waals surface area contributed by atoms with Gasteiger partial charge in [0.05, 0.1) is 27.0 Å². The number of halogens is 1. The lowest BCUT2D eigenvalue weighted by Crippen LogP contribution is -2.07. The molecule has 0 saturated heterocycles. The fraction of sp³-hybridized carbons (Fsp3) is 0.143. The van der Waals surface area contributed by atoms with Crippen molar-refractivity contribution in [1.82, 2.24) is 4.98 Å². The Morgan fingerprint density at radius 1 is 1.07 bits per heavy atom. The fourth-order valence-corrected chi connectivity index (χ4v) is 3.32. The molecule has 3 aromatic rings. The van der Waals surface area contributed by atoms with Crippen molar-refractivity contribution in [2.45, 2.75) is 0 Å². The van der Waals surface area contributed by atoms with E-state index in [0.717, 1.165) is 5.56 Å². The summed E-state index contributed by atoms with van der Waals surface area (Å²) in [6.07, 6.45) is 3.02. The van der Waals surface area contributed by atoms with Gasteiger partial charge in [-0.25, -0.2) is 9.37 Å². The maximum Gasteiger partial charge on any atom is 0.250 e. The number of rotatable bonds is 7. The molecular weight excluding hydrogens is 395 g/mol. The fourth-order valence-electron chi connectivity index (χ4n) is 2.60. The van der Waals surface area contributed by atoms with Crippen LogP contribution in [0.4, 0.5) is 9.52 Å². The van der Waals surface area contributed by atoms with E-state index in [2.05, 4.69) is 10.3 Å². The molecule has 1 heterocycles. The highest BCUT2D eigenvalue weighted by Crippen LogP contribution is 2.33. The van der Waals surface area contributed by atoms with Crippen molar-refractivity contribution in [1.29, 1.82) is 0 Å². The second-order valence-corrected chi connectivity index (χ2v) is 6.67. The zero-order chi connectivity index (χ0) is 20.8. The van der Waals surface area contributed by atoms with E-state index in [9.17, 15) is 9.18 Å². The lowest BCUT2D eigenvalue weighted by Gasteiger charge is -2.07. The van der Waals surface area contributed by atoms with Crippen LogP contribution in [-0.2, 0) is 4.79 Å². The Hall–Kier alpha value is -3.39.